The van der Waals surface area contributed by atoms with E-state index in [-0.39, 0.29) is 11.6 Å². The second-order valence-corrected chi connectivity index (χ2v) is 6.84. The van der Waals surface area contributed by atoms with Gasteiger partial charge in [0.05, 0.1) is 0 Å². The van der Waals surface area contributed by atoms with Crippen LogP contribution in [-0.2, 0) is 17.9 Å². The molecule has 0 aromatic carbocycles. The second kappa shape index (κ2) is 12.0. The topological polar surface area (TPSA) is 187 Å². The van der Waals surface area contributed by atoms with Crippen LogP contribution in [0.3, 0.4) is 0 Å². The molecule has 0 radical (unpaired) electrons. The Labute approximate surface area is 139 Å². The summed E-state index contributed by atoms with van der Waals surface area (Å²) in [5, 5.41) is 0. The van der Waals surface area contributed by atoms with E-state index in [1.165, 1.54) is 17.1 Å². The number of fused-ring (bicyclic) bond motifs is 1. The van der Waals surface area contributed by atoms with Crippen molar-refractivity contribution in [2.45, 2.75) is 0 Å². The molecule has 2 rings (SSSR count). The maximum absolute atomic E-state index is 11.2. The molecular weight excluding hydrogens is 371 g/mol. The van der Waals surface area contributed by atoms with Gasteiger partial charge < -0.3 is 11.1 Å². The Balaban J connectivity index is 0. The Hall–Kier alpha value is -2.55. The molecule has 1 N–H and O–H groups in total. The molecule has 0 saturated carbocycles. The van der Waals surface area contributed by atoms with Gasteiger partial charge in [-0.25, -0.2) is 0 Å². The summed E-state index contributed by atoms with van der Waals surface area (Å²) in [6, 6.07) is 0. The summed E-state index contributed by atoms with van der Waals surface area (Å²) in [7, 11) is 4.81. The van der Waals surface area contributed by atoms with Crippen molar-refractivity contribution in [2.75, 3.05) is 0 Å². The van der Waals surface area contributed by atoms with Crippen LogP contribution in [0.4, 0.5) is 0 Å². The molecule has 0 spiro atoms. The number of hydrogen-bond acceptors (Lipinski definition) is 5. The fourth-order valence-electron chi connectivity index (χ4n) is 1.25. The molecule has 122 valence electrons. The first-order chi connectivity index (χ1) is 10.6. The van der Waals surface area contributed by atoms with Crippen LogP contribution in [0.25, 0.3) is 26.4 Å². The van der Waals surface area contributed by atoms with Crippen LogP contribution in [0.1, 0.15) is 0 Å². The molecule has 0 aromatic rings. The largest absolute Gasteiger partial charge is 0.373 e. The average molecular weight is 378 g/mol. The molecule has 0 aliphatic heterocycles. The van der Waals surface area contributed by atoms with Crippen molar-refractivity contribution < 1.29 is 18.0 Å². The van der Waals surface area contributed by atoms with E-state index < -0.39 is 8.26 Å². The van der Waals surface area contributed by atoms with Gasteiger partial charge >= 0.3 is 8.26 Å². The number of carbonyl (C=O) groups is 2. The van der Waals surface area contributed by atoms with Crippen LogP contribution in [0.15, 0.2) is 47.6 Å². The lowest BCUT2D eigenvalue weighted by Crippen LogP contribution is -2.13. The van der Waals surface area contributed by atoms with Crippen molar-refractivity contribution in [1.29, 1.82) is 5.53 Å². The Morgan fingerprint density at radius 2 is 1.13 bits per heavy atom. The predicted molar refractivity (Wildman–Crippen MR) is 84.6 cm³/mol. The molecule has 0 bridgehead atoms. The maximum atomic E-state index is 11.2. The van der Waals surface area contributed by atoms with E-state index >= 15 is 0 Å². The first-order valence-corrected chi connectivity index (χ1v) is 8.25. The van der Waals surface area contributed by atoms with E-state index in [2.05, 4.69) is 21.4 Å². The fourth-order valence-corrected chi connectivity index (χ4v) is 1.25. The van der Waals surface area contributed by atoms with Crippen molar-refractivity contribution >= 4 is 41.2 Å². The molecule has 0 heterocycles. The molecule has 23 heavy (non-hydrogen) atoms. The normalized spacial score (nSPS) is 13.8. The van der Waals surface area contributed by atoms with Gasteiger partial charge in [-0.1, -0.05) is 24.3 Å². The van der Waals surface area contributed by atoms with Gasteiger partial charge in [-0.05, 0) is 22.6 Å². The minimum atomic E-state index is -3.72. The summed E-state index contributed by atoms with van der Waals surface area (Å²) in [6.07, 6.45) is 9.46. The van der Waals surface area contributed by atoms with Crippen molar-refractivity contribution in [2.24, 2.45) is 0 Å². The number of carbonyl (C=O) groups excluding carboxylic acids is 2. The quantitative estimate of drug-likeness (QED) is 0.292. The molecule has 10 nitrogen and oxygen atoms in total. The number of nitrogens with zero attached hydrogens (tertiary/aromatic N) is 5. The van der Waals surface area contributed by atoms with E-state index in [0.717, 1.165) is 0 Å². The van der Waals surface area contributed by atoms with Gasteiger partial charge in [-0.3, -0.25) is 14.5 Å². The summed E-state index contributed by atoms with van der Waals surface area (Å²) in [5.74, 6) is -0.185. The van der Waals surface area contributed by atoms with E-state index in [1.807, 2.05) is 0 Å². The van der Waals surface area contributed by atoms with Crippen LogP contribution < -0.4 is 0 Å². The number of ketones is 2. The minimum absolute atomic E-state index is 0.0924. The summed E-state index contributed by atoms with van der Waals surface area (Å²) in [4.78, 5) is 25.6. The summed E-state index contributed by atoms with van der Waals surface area (Å²) in [6.45, 7) is 0. The zero-order valence-corrected chi connectivity index (χ0v) is 13.3. The second-order valence-electron chi connectivity index (χ2n) is 3.18. The standard InChI is InChI=1S/C10H6O2.Cl2O2S.HN3.N3/c11-9-5-1-3-7-8(9)4-2-6-10(7)12;1-5(2,3)4;2*1-3-2/h1-6H;;1H;/q;;;-1. The molecule has 0 saturated heterocycles. The monoisotopic (exact) mass is 377 g/mol. The highest BCUT2D eigenvalue weighted by molar-refractivity contribution is 8.31. The number of hydrogen-bond donors (Lipinski definition) is 1. The molecule has 2 aliphatic rings. The van der Waals surface area contributed by atoms with Gasteiger partial charge in [-0.2, -0.15) is 8.42 Å². The smallest absolute Gasteiger partial charge is 0.317 e. The third-order valence-electron chi connectivity index (χ3n) is 1.84. The SMILES string of the molecule is O=C1C=CC=C2C(=O)C=CC=C12.O=S(=O)(Cl)Cl.[N-]=[N+]=N.[N-]=[N+]=[N-]. The zero-order chi connectivity index (χ0) is 18.5. The fraction of sp³-hybridized carbons (Fsp3) is 0. The predicted octanol–water partition coefficient (Wildman–Crippen LogP) is 3.57. The highest BCUT2D eigenvalue weighted by Crippen LogP contribution is 2.21. The summed E-state index contributed by atoms with van der Waals surface area (Å²) in [5.41, 5.74) is 26.8. The van der Waals surface area contributed by atoms with Crippen molar-refractivity contribution in [1.82, 2.24) is 0 Å². The number of rotatable bonds is 0. The molecule has 0 atom stereocenters. The van der Waals surface area contributed by atoms with Crippen molar-refractivity contribution in [3.63, 3.8) is 0 Å². The summed E-state index contributed by atoms with van der Waals surface area (Å²) < 4.78 is 18.3. The molecule has 13 heteroatoms. The van der Waals surface area contributed by atoms with Gasteiger partial charge in [0.15, 0.2) is 11.6 Å². The number of nitrogens with one attached hydrogen (secondary N) is 1. The highest BCUT2D eigenvalue weighted by atomic mass is 36.0. The lowest BCUT2D eigenvalue weighted by Gasteiger charge is -2.11. The first-order valence-electron chi connectivity index (χ1n) is 5.11. The molecule has 0 amide bonds. The van der Waals surface area contributed by atoms with E-state index in [0.29, 0.717) is 11.1 Å². The van der Waals surface area contributed by atoms with Crippen molar-refractivity contribution in [3.8, 4) is 0 Å². The number of allylic oxidation sites excluding steroid dienone is 8. The van der Waals surface area contributed by atoms with E-state index in [9.17, 15) is 9.59 Å². The third kappa shape index (κ3) is 12.9. The Bertz CT molecular complexity index is 696. The van der Waals surface area contributed by atoms with E-state index in [1.54, 1.807) is 29.2 Å². The van der Waals surface area contributed by atoms with Crippen LogP contribution in [-0.4, -0.2) is 20.0 Å². The third-order valence-corrected chi connectivity index (χ3v) is 1.84. The molecule has 0 unspecified atom stereocenters. The minimum Gasteiger partial charge on any atom is -0.373 e. The first kappa shape index (κ1) is 22.7. The Morgan fingerprint density at radius 1 is 0.913 bits per heavy atom. The van der Waals surface area contributed by atoms with Gasteiger partial charge in [0.25, 0.3) is 0 Å². The zero-order valence-electron chi connectivity index (χ0n) is 11.0. The van der Waals surface area contributed by atoms with Crippen LogP contribution in [0, 0.1) is 5.53 Å². The van der Waals surface area contributed by atoms with Gasteiger partial charge in [0.2, 0.25) is 0 Å². The maximum Gasteiger partial charge on any atom is 0.317 e. The lowest BCUT2D eigenvalue weighted by atomic mass is 9.90. The Morgan fingerprint density at radius 3 is 1.35 bits per heavy atom. The molecule has 0 aromatic heterocycles. The summed E-state index contributed by atoms with van der Waals surface area (Å²) >= 11 is 0. The van der Waals surface area contributed by atoms with Gasteiger partial charge in [-0.15, -0.1) is 5.53 Å². The highest BCUT2D eigenvalue weighted by Gasteiger charge is 2.20. The van der Waals surface area contributed by atoms with Crippen LogP contribution >= 0.6 is 21.4 Å². The number of halogens is 2. The molecule has 0 fully saturated rings. The van der Waals surface area contributed by atoms with Crippen LogP contribution in [0.2, 0.25) is 0 Å². The van der Waals surface area contributed by atoms with E-state index in [4.69, 9.17) is 30.5 Å². The molecular formula is C10H7Cl2N6O4S-. The molecule has 2 aliphatic carbocycles. The van der Waals surface area contributed by atoms with Gasteiger partial charge in [0.1, 0.15) is 0 Å². The van der Waals surface area contributed by atoms with Gasteiger partial charge in [0, 0.05) is 32.5 Å². The average Bonchev–Trinajstić information content (AvgIpc) is 2.40. The van der Waals surface area contributed by atoms with Crippen LogP contribution in [0.5, 0.6) is 0 Å². The van der Waals surface area contributed by atoms with Crippen molar-refractivity contribution in [3.05, 3.63) is 74.0 Å². The lowest BCUT2D eigenvalue weighted by molar-refractivity contribution is -0.114. The Kier molecular flexibility index (Phi) is 11.9.